The molecule has 14 nitrogen and oxygen atoms in total. The van der Waals surface area contributed by atoms with Crippen molar-refractivity contribution in [3.63, 3.8) is 0 Å². The third kappa shape index (κ3) is 8.18. The Morgan fingerprint density at radius 3 is 2.00 bits per heavy atom. The van der Waals surface area contributed by atoms with Crippen LogP contribution in [0.15, 0.2) is 134 Å². The maximum absolute atomic E-state index is 13.2. The highest BCUT2D eigenvalue weighted by Gasteiger charge is 2.47. The summed E-state index contributed by atoms with van der Waals surface area (Å²) in [6.45, 7) is -1.51. The number of piperazine rings is 1. The molecule has 2 aromatic heterocycles. The molecular weight excluding hydrogens is 779 g/mol. The number of ether oxygens (including phenoxy) is 1. The van der Waals surface area contributed by atoms with Crippen molar-refractivity contribution in [3.8, 4) is 0 Å². The lowest BCUT2D eigenvalue weighted by molar-refractivity contribution is -0.176. The van der Waals surface area contributed by atoms with Crippen LogP contribution in [0.2, 0.25) is 0 Å². The predicted molar refractivity (Wildman–Crippen MR) is 219 cm³/mol. The van der Waals surface area contributed by atoms with Gasteiger partial charge in [-0.25, -0.2) is 24.1 Å². The number of carbonyl (C=O) groups is 2. The zero-order valence-electron chi connectivity index (χ0n) is 31.6. The molecule has 0 aliphatic carbocycles. The van der Waals surface area contributed by atoms with Crippen LogP contribution in [0.5, 0.6) is 0 Å². The van der Waals surface area contributed by atoms with Gasteiger partial charge < -0.3 is 19.8 Å². The number of aromatic nitrogens is 4. The number of fused-ring (bicyclic) bond motifs is 1. The molecule has 2 N–H and O–H groups in total. The number of nitrogens with zero attached hydrogens (tertiary/aromatic N) is 7. The minimum Gasteiger partial charge on any atom is -0.352 e. The van der Waals surface area contributed by atoms with E-state index in [1.54, 1.807) is 35.5 Å². The fraction of sp³-hybridized carbons (Fsp3) is 0.262. The molecule has 6 aromatic rings. The van der Waals surface area contributed by atoms with E-state index >= 15 is 0 Å². The lowest BCUT2D eigenvalue weighted by atomic mass is 9.75. The molecule has 4 unspecified atom stereocenters. The number of imidazole rings is 1. The van der Waals surface area contributed by atoms with Gasteiger partial charge in [0.1, 0.15) is 12.6 Å². The summed E-state index contributed by atoms with van der Waals surface area (Å²) in [5, 5.41) is 4.30. The standard InChI is InChI=1S/C42H42ClN8O6P/c1-30(52)48-22-23-51(57-58(43,54)55)35(25-48)24-36-26-49(42(32-16-8-3-9-17-32,33-18-10-4-11-19-33)34-20-12-5-13-21-34)27-37(56-36)50-29-46-38-39(44-28-45-40(38)50)47-41(53)31-14-6-2-7-15-31/h2-21,28-29,35-37H,22-27H2,1H3,(H,54,55)(H,44,45,47,53). The quantitative estimate of drug-likeness (QED) is 0.109. The van der Waals surface area contributed by atoms with Gasteiger partial charge in [0.15, 0.2) is 17.0 Å². The molecule has 0 spiro atoms. The number of carbonyl (C=O) groups excluding carboxylic acids is 2. The lowest BCUT2D eigenvalue weighted by Gasteiger charge is -2.51. The van der Waals surface area contributed by atoms with Crippen LogP contribution < -0.4 is 5.32 Å². The molecule has 58 heavy (non-hydrogen) atoms. The van der Waals surface area contributed by atoms with Crippen molar-refractivity contribution >= 4 is 47.0 Å². The SMILES string of the molecule is CC(=O)N1CCN(OP(=O)(O)Cl)C(CC2CN(C(c3ccccc3)(c3ccccc3)c3ccccc3)CC(n3cnc4c(NC(=O)c5ccccc5)ncnc43)O2)C1. The number of hydroxylamine groups is 2. The molecule has 2 saturated heterocycles. The third-order valence-electron chi connectivity index (χ3n) is 10.8. The van der Waals surface area contributed by atoms with Crippen LogP contribution >= 0.6 is 18.2 Å². The predicted octanol–water partition coefficient (Wildman–Crippen LogP) is 6.46. The summed E-state index contributed by atoms with van der Waals surface area (Å²) in [5.41, 5.74) is 3.56. The van der Waals surface area contributed by atoms with Crippen LogP contribution in [0.1, 0.15) is 46.6 Å². The highest BCUT2D eigenvalue weighted by molar-refractivity contribution is 7.80. The fourth-order valence-electron chi connectivity index (χ4n) is 8.24. The highest BCUT2D eigenvalue weighted by atomic mass is 35.7. The van der Waals surface area contributed by atoms with Crippen LogP contribution in [0, 0.1) is 0 Å². The van der Waals surface area contributed by atoms with E-state index in [0.717, 1.165) is 16.7 Å². The molecule has 4 aromatic carbocycles. The Bertz CT molecular complexity index is 2310. The normalized spacial score (nSPS) is 20.4. The van der Waals surface area contributed by atoms with Gasteiger partial charge in [0.05, 0.1) is 24.0 Å². The van der Waals surface area contributed by atoms with Gasteiger partial charge in [0.25, 0.3) is 5.91 Å². The molecule has 298 valence electrons. The van der Waals surface area contributed by atoms with Crippen molar-refractivity contribution in [2.75, 3.05) is 38.0 Å². The second-order valence-corrected chi connectivity index (χ2v) is 16.7. The first-order valence-corrected chi connectivity index (χ1v) is 21.4. The average molecular weight is 821 g/mol. The second-order valence-electron chi connectivity index (χ2n) is 14.3. The Balaban J connectivity index is 1.25. The van der Waals surface area contributed by atoms with Crippen molar-refractivity contribution in [2.24, 2.45) is 0 Å². The van der Waals surface area contributed by atoms with Crippen molar-refractivity contribution in [1.29, 1.82) is 0 Å². The van der Waals surface area contributed by atoms with E-state index < -0.39 is 30.9 Å². The number of rotatable bonds is 11. The van der Waals surface area contributed by atoms with E-state index in [4.69, 9.17) is 25.6 Å². The van der Waals surface area contributed by atoms with Gasteiger partial charge in [-0.1, -0.05) is 109 Å². The van der Waals surface area contributed by atoms with Crippen LogP contribution in [-0.4, -0.2) is 96.0 Å². The summed E-state index contributed by atoms with van der Waals surface area (Å²) in [7, 11) is 0. The molecule has 0 bridgehead atoms. The van der Waals surface area contributed by atoms with E-state index in [1.165, 1.54) is 18.3 Å². The number of amides is 2. The zero-order chi connectivity index (χ0) is 40.3. The van der Waals surface area contributed by atoms with Gasteiger partial charge in [-0.15, -0.1) is 0 Å². The number of nitrogens with one attached hydrogen (secondary N) is 1. The first-order valence-electron chi connectivity index (χ1n) is 19.0. The molecule has 2 amide bonds. The Hall–Kier alpha value is -5.31. The van der Waals surface area contributed by atoms with E-state index in [1.807, 2.05) is 65.2 Å². The van der Waals surface area contributed by atoms with Gasteiger partial charge >= 0.3 is 6.95 Å². The summed E-state index contributed by atoms with van der Waals surface area (Å²) in [6, 6.07) is 39.2. The van der Waals surface area contributed by atoms with Crippen LogP contribution in [-0.2, 0) is 24.3 Å². The molecular formula is C42H42ClN8O6P. The van der Waals surface area contributed by atoms with Crippen molar-refractivity contribution in [1.82, 2.24) is 34.4 Å². The molecule has 8 rings (SSSR count). The highest BCUT2D eigenvalue weighted by Crippen LogP contribution is 2.50. The Morgan fingerprint density at radius 1 is 0.845 bits per heavy atom. The smallest absolute Gasteiger partial charge is 0.352 e. The van der Waals surface area contributed by atoms with Crippen LogP contribution in [0.25, 0.3) is 11.2 Å². The molecule has 0 saturated carbocycles. The molecule has 2 aliphatic heterocycles. The number of morpholine rings is 1. The summed E-state index contributed by atoms with van der Waals surface area (Å²) in [6.07, 6.45) is 2.09. The van der Waals surface area contributed by atoms with Crippen LogP contribution in [0.3, 0.4) is 0 Å². The number of anilines is 1. The van der Waals surface area contributed by atoms with Gasteiger partial charge in [-0.05, 0) is 35.2 Å². The largest absolute Gasteiger partial charge is 0.438 e. The van der Waals surface area contributed by atoms with Gasteiger partial charge in [-0.3, -0.25) is 19.1 Å². The van der Waals surface area contributed by atoms with E-state index in [2.05, 4.69) is 56.6 Å². The van der Waals surface area contributed by atoms with E-state index in [9.17, 15) is 19.0 Å². The maximum Gasteiger partial charge on any atom is 0.438 e. The second kappa shape index (κ2) is 16.9. The Kier molecular flexibility index (Phi) is 11.5. The minimum atomic E-state index is -4.45. The molecule has 2 fully saturated rings. The molecule has 2 aliphatic rings. The Labute approximate surface area is 340 Å². The van der Waals surface area contributed by atoms with Gasteiger partial charge in [0, 0.05) is 56.5 Å². The van der Waals surface area contributed by atoms with Crippen LogP contribution in [0.4, 0.5) is 5.82 Å². The fourth-order valence-corrected chi connectivity index (χ4v) is 8.95. The van der Waals surface area contributed by atoms with Crippen molar-refractivity contribution < 1.29 is 28.4 Å². The monoisotopic (exact) mass is 820 g/mol. The Morgan fingerprint density at radius 2 is 1.43 bits per heavy atom. The van der Waals surface area contributed by atoms with Crippen molar-refractivity contribution in [3.05, 3.63) is 156 Å². The summed E-state index contributed by atoms with van der Waals surface area (Å²) < 4.78 is 26.7. The zero-order valence-corrected chi connectivity index (χ0v) is 33.3. The van der Waals surface area contributed by atoms with E-state index in [0.29, 0.717) is 42.8 Å². The van der Waals surface area contributed by atoms with Gasteiger partial charge in [-0.2, -0.15) is 5.06 Å². The van der Waals surface area contributed by atoms with Gasteiger partial charge in [0.2, 0.25) is 5.91 Å². The lowest BCUT2D eigenvalue weighted by Crippen LogP contribution is -2.59. The topological polar surface area (TPSA) is 155 Å². The first kappa shape index (κ1) is 39.5. The summed E-state index contributed by atoms with van der Waals surface area (Å²) in [4.78, 5) is 53.7. The molecule has 4 atom stereocenters. The number of hydrogen-bond acceptors (Lipinski definition) is 10. The third-order valence-corrected chi connectivity index (χ3v) is 11.3. The molecule has 4 heterocycles. The van der Waals surface area contributed by atoms with E-state index in [-0.39, 0.29) is 30.7 Å². The average Bonchev–Trinajstić information content (AvgIpc) is 3.68. The molecule has 16 heteroatoms. The summed E-state index contributed by atoms with van der Waals surface area (Å²) >= 11 is 5.76. The summed E-state index contributed by atoms with van der Waals surface area (Å²) in [5.74, 6) is -0.206. The minimum absolute atomic E-state index is 0.122. The number of halogens is 1. The molecule has 0 radical (unpaired) electrons. The number of hydrogen-bond donors (Lipinski definition) is 2. The number of benzene rings is 4. The first-order chi connectivity index (χ1) is 28.1. The van der Waals surface area contributed by atoms with Crippen molar-refractivity contribution in [2.45, 2.75) is 37.3 Å². The maximum atomic E-state index is 13.2.